The second kappa shape index (κ2) is 7.06. The van der Waals surface area contributed by atoms with Crippen LogP contribution in [0.15, 0.2) is 47.6 Å². The van der Waals surface area contributed by atoms with Gasteiger partial charge < -0.3 is 9.64 Å². The monoisotopic (exact) mass is 444 g/mol. The second-order valence-corrected chi connectivity index (χ2v) is 12.5. The maximum absolute atomic E-state index is 7.45. The van der Waals surface area contributed by atoms with Crippen molar-refractivity contribution in [2.75, 3.05) is 20.6 Å². The standard InChI is InChI=1S/C30H40N2O/c1-28-14-12-24-18-23-8-9-25(31(2)3)19-29(23)15-16-30(24,33-29)26(28)10-11-27(28)32-17-13-21-6-4-5-7-22(21)20-32/h4-7,12,18,25-27H,8-11,13-17,19-20H2,1-3H3/t25-,26+,27-,28-,29+,30?/m0/s1. The summed E-state index contributed by atoms with van der Waals surface area (Å²) in [7, 11) is 4.51. The third kappa shape index (κ3) is 2.79. The fourth-order valence-corrected chi connectivity index (χ4v) is 9.18. The van der Waals surface area contributed by atoms with E-state index in [0.717, 1.165) is 6.54 Å². The SMILES string of the molecule is CN(C)[C@H]1CCC2=CC3=CC[C@]4(C)[C@@H](N5CCc6ccccc6C5)CC[C@H]4C34CC[C@]2(C1)O4. The number of fused-ring (bicyclic) bond motifs is 2. The van der Waals surface area contributed by atoms with Crippen molar-refractivity contribution in [1.29, 1.82) is 0 Å². The molecule has 2 bridgehead atoms. The molecular weight excluding hydrogens is 404 g/mol. The minimum Gasteiger partial charge on any atom is -0.359 e. The highest BCUT2D eigenvalue weighted by Gasteiger charge is 2.67. The first-order valence-corrected chi connectivity index (χ1v) is 13.5. The molecule has 1 aromatic rings. The van der Waals surface area contributed by atoms with E-state index in [1.165, 1.54) is 64.3 Å². The molecule has 3 heteroatoms. The zero-order valence-electron chi connectivity index (χ0n) is 20.8. The van der Waals surface area contributed by atoms with Gasteiger partial charge in [-0.05, 0) is 105 Å². The Morgan fingerprint density at radius 3 is 2.73 bits per heavy atom. The van der Waals surface area contributed by atoms with Gasteiger partial charge in [0, 0.05) is 25.2 Å². The minimum atomic E-state index is -0.0207. The molecule has 7 rings (SSSR count). The number of allylic oxidation sites excluding steroid dienone is 1. The Hall–Kier alpha value is -1.42. The normalized spacial score (nSPS) is 43.9. The lowest BCUT2D eigenvalue weighted by atomic mass is 9.59. The third-order valence-electron chi connectivity index (χ3n) is 10.9. The lowest BCUT2D eigenvalue weighted by Gasteiger charge is -2.55. The van der Waals surface area contributed by atoms with Gasteiger partial charge >= 0.3 is 0 Å². The number of rotatable bonds is 2. The van der Waals surface area contributed by atoms with Crippen LogP contribution in [0.4, 0.5) is 0 Å². The Bertz CT molecular complexity index is 1040. The summed E-state index contributed by atoms with van der Waals surface area (Å²) in [5.74, 6) is 0.657. The minimum absolute atomic E-state index is 0.0188. The number of hydrogen-bond acceptors (Lipinski definition) is 3. The van der Waals surface area contributed by atoms with Gasteiger partial charge in [0.2, 0.25) is 0 Å². The summed E-state index contributed by atoms with van der Waals surface area (Å²) in [5, 5.41) is 0. The number of ether oxygens (including phenoxy) is 1. The highest BCUT2D eigenvalue weighted by Crippen LogP contribution is 2.67. The zero-order valence-corrected chi connectivity index (χ0v) is 20.8. The molecule has 1 saturated heterocycles. The van der Waals surface area contributed by atoms with Gasteiger partial charge in [0.1, 0.15) is 0 Å². The lowest BCUT2D eigenvalue weighted by Crippen LogP contribution is -2.57. The van der Waals surface area contributed by atoms with Gasteiger partial charge in [-0.1, -0.05) is 43.3 Å². The van der Waals surface area contributed by atoms with Gasteiger partial charge in [0.25, 0.3) is 0 Å². The average molecular weight is 445 g/mol. The van der Waals surface area contributed by atoms with E-state index in [0.29, 0.717) is 23.4 Å². The van der Waals surface area contributed by atoms with Gasteiger partial charge in [-0.25, -0.2) is 0 Å². The molecule has 0 aromatic heterocycles. The molecule has 3 aliphatic carbocycles. The van der Waals surface area contributed by atoms with E-state index in [-0.39, 0.29) is 11.2 Å². The first kappa shape index (κ1) is 20.9. The predicted molar refractivity (Wildman–Crippen MR) is 133 cm³/mol. The van der Waals surface area contributed by atoms with Crippen molar-refractivity contribution in [3.8, 4) is 0 Å². The van der Waals surface area contributed by atoms with E-state index in [9.17, 15) is 0 Å². The molecule has 3 fully saturated rings. The van der Waals surface area contributed by atoms with Gasteiger partial charge in [-0.2, -0.15) is 0 Å². The molecule has 1 unspecified atom stereocenters. The fourth-order valence-electron chi connectivity index (χ4n) is 9.18. The third-order valence-corrected chi connectivity index (χ3v) is 10.9. The molecule has 3 heterocycles. The van der Waals surface area contributed by atoms with Crippen LogP contribution in [-0.2, 0) is 17.7 Å². The van der Waals surface area contributed by atoms with E-state index in [4.69, 9.17) is 4.74 Å². The Morgan fingerprint density at radius 2 is 1.88 bits per heavy atom. The number of hydrogen-bond donors (Lipinski definition) is 0. The molecule has 33 heavy (non-hydrogen) atoms. The molecular formula is C30H40N2O. The molecule has 1 aromatic carbocycles. The van der Waals surface area contributed by atoms with Crippen molar-refractivity contribution in [2.45, 2.75) is 94.5 Å². The Kier molecular flexibility index (Phi) is 4.47. The largest absolute Gasteiger partial charge is 0.359 e. The summed E-state index contributed by atoms with van der Waals surface area (Å²) in [6.07, 6.45) is 16.5. The summed E-state index contributed by atoms with van der Waals surface area (Å²) < 4.78 is 7.45. The Morgan fingerprint density at radius 1 is 1.03 bits per heavy atom. The van der Waals surface area contributed by atoms with Gasteiger partial charge in [-0.3, -0.25) is 4.90 Å². The van der Waals surface area contributed by atoms with Gasteiger partial charge in [0.15, 0.2) is 0 Å². The van der Waals surface area contributed by atoms with Gasteiger partial charge in [0.05, 0.1) is 11.2 Å². The second-order valence-electron chi connectivity index (χ2n) is 12.5. The van der Waals surface area contributed by atoms with Gasteiger partial charge in [-0.15, -0.1) is 0 Å². The number of benzene rings is 1. The zero-order chi connectivity index (χ0) is 22.4. The molecule has 0 radical (unpaired) electrons. The molecule has 6 atom stereocenters. The fraction of sp³-hybridized carbons (Fsp3) is 0.667. The van der Waals surface area contributed by atoms with E-state index in [1.54, 1.807) is 22.3 Å². The summed E-state index contributed by atoms with van der Waals surface area (Å²) in [6.45, 7) is 4.97. The average Bonchev–Trinajstić information content (AvgIpc) is 3.33. The first-order chi connectivity index (χ1) is 15.9. The van der Waals surface area contributed by atoms with Crippen LogP contribution in [-0.4, -0.2) is 53.7 Å². The molecule has 6 aliphatic rings. The smallest absolute Gasteiger partial charge is 0.0975 e. The van der Waals surface area contributed by atoms with Crippen LogP contribution in [0.1, 0.15) is 69.4 Å². The van der Waals surface area contributed by atoms with Crippen LogP contribution in [0.25, 0.3) is 0 Å². The molecule has 176 valence electrons. The van der Waals surface area contributed by atoms with E-state index in [2.05, 4.69) is 67.2 Å². The van der Waals surface area contributed by atoms with Crippen LogP contribution in [0.3, 0.4) is 0 Å². The highest BCUT2D eigenvalue weighted by atomic mass is 16.5. The summed E-state index contributed by atoms with van der Waals surface area (Å²) in [6, 6.07) is 10.5. The molecule has 2 saturated carbocycles. The van der Waals surface area contributed by atoms with E-state index < -0.39 is 0 Å². The predicted octanol–water partition coefficient (Wildman–Crippen LogP) is 5.50. The van der Waals surface area contributed by atoms with Crippen molar-refractivity contribution in [2.24, 2.45) is 11.3 Å². The molecule has 3 aliphatic heterocycles. The van der Waals surface area contributed by atoms with Crippen molar-refractivity contribution < 1.29 is 4.74 Å². The summed E-state index contributed by atoms with van der Waals surface area (Å²) in [5.41, 5.74) is 6.61. The maximum atomic E-state index is 7.45. The van der Waals surface area contributed by atoms with E-state index in [1.807, 2.05) is 0 Å². The number of nitrogens with zero attached hydrogens (tertiary/aromatic N) is 2. The Balaban J connectivity index is 1.22. The maximum Gasteiger partial charge on any atom is 0.0975 e. The molecule has 0 N–H and O–H groups in total. The summed E-state index contributed by atoms with van der Waals surface area (Å²) in [4.78, 5) is 5.28. The molecule has 2 spiro atoms. The van der Waals surface area contributed by atoms with Crippen molar-refractivity contribution >= 4 is 0 Å². The summed E-state index contributed by atoms with van der Waals surface area (Å²) >= 11 is 0. The quantitative estimate of drug-likeness (QED) is 0.599. The van der Waals surface area contributed by atoms with Crippen LogP contribution in [0.2, 0.25) is 0 Å². The lowest BCUT2D eigenvalue weighted by molar-refractivity contribution is -0.144. The topological polar surface area (TPSA) is 15.7 Å². The van der Waals surface area contributed by atoms with Crippen molar-refractivity contribution in [3.05, 3.63) is 58.7 Å². The van der Waals surface area contributed by atoms with Crippen molar-refractivity contribution in [1.82, 2.24) is 9.80 Å². The van der Waals surface area contributed by atoms with Crippen LogP contribution >= 0.6 is 0 Å². The first-order valence-electron chi connectivity index (χ1n) is 13.5. The molecule has 3 nitrogen and oxygen atoms in total. The van der Waals surface area contributed by atoms with Crippen LogP contribution in [0.5, 0.6) is 0 Å². The van der Waals surface area contributed by atoms with E-state index >= 15 is 0 Å². The Labute approximate surface area is 199 Å². The van der Waals surface area contributed by atoms with Crippen molar-refractivity contribution in [3.63, 3.8) is 0 Å². The molecule has 0 amide bonds. The van der Waals surface area contributed by atoms with Crippen LogP contribution < -0.4 is 0 Å². The van der Waals surface area contributed by atoms with Crippen LogP contribution in [0, 0.1) is 11.3 Å². The highest BCUT2D eigenvalue weighted by molar-refractivity contribution is 5.47.